The average Bonchev–Trinajstić information content (AvgIpc) is 2.39. The summed E-state index contributed by atoms with van der Waals surface area (Å²) in [6.07, 6.45) is 0. The molecule has 0 saturated heterocycles. The minimum atomic E-state index is -0.252. The fourth-order valence-corrected chi connectivity index (χ4v) is 1.28. The molecule has 1 rings (SSSR count). The molecule has 1 aromatic rings. The molecule has 0 aromatic heterocycles. The predicted molar refractivity (Wildman–Crippen MR) is 72.9 cm³/mol. The summed E-state index contributed by atoms with van der Waals surface area (Å²) in [6.45, 7) is 1.00. The fourth-order valence-electron chi connectivity index (χ4n) is 1.18. The van der Waals surface area contributed by atoms with Crippen molar-refractivity contribution in [2.75, 3.05) is 27.4 Å². The Labute approximate surface area is 111 Å². The van der Waals surface area contributed by atoms with Crippen LogP contribution in [0.2, 0.25) is 0 Å². The molecular weight excluding hydrogens is 252 g/mol. The van der Waals surface area contributed by atoms with Gasteiger partial charge in [-0.25, -0.2) is 0 Å². The maximum atomic E-state index is 11.7. The first-order valence-corrected chi connectivity index (χ1v) is 5.83. The van der Waals surface area contributed by atoms with Gasteiger partial charge in [0.1, 0.15) is 12.4 Å². The number of nitrogens with one attached hydrogen (secondary N) is 2. The Morgan fingerprint density at radius 1 is 1.28 bits per heavy atom. The van der Waals surface area contributed by atoms with E-state index in [1.807, 2.05) is 0 Å². The first-order chi connectivity index (χ1) is 8.67. The number of hydrogen-bond donors (Lipinski definition) is 2. The van der Waals surface area contributed by atoms with Gasteiger partial charge in [0.15, 0.2) is 5.11 Å². The normalized spacial score (nSPS) is 9.67. The lowest BCUT2D eigenvalue weighted by molar-refractivity contribution is 0.0976. The van der Waals surface area contributed by atoms with Crippen LogP contribution in [0.5, 0.6) is 5.75 Å². The Morgan fingerprint density at radius 2 is 1.94 bits per heavy atom. The van der Waals surface area contributed by atoms with Gasteiger partial charge in [0, 0.05) is 19.7 Å². The smallest absolute Gasteiger partial charge is 0.257 e. The zero-order chi connectivity index (χ0) is 13.4. The van der Waals surface area contributed by atoms with Gasteiger partial charge in [-0.3, -0.25) is 10.1 Å². The van der Waals surface area contributed by atoms with E-state index in [0.29, 0.717) is 29.6 Å². The zero-order valence-corrected chi connectivity index (χ0v) is 11.2. The third-order valence-electron chi connectivity index (χ3n) is 2.13. The van der Waals surface area contributed by atoms with Crippen molar-refractivity contribution in [3.05, 3.63) is 29.8 Å². The van der Waals surface area contributed by atoms with Gasteiger partial charge in [0.05, 0.1) is 6.61 Å². The molecule has 1 amide bonds. The van der Waals surface area contributed by atoms with Gasteiger partial charge in [-0.2, -0.15) is 0 Å². The van der Waals surface area contributed by atoms with E-state index in [1.165, 1.54) is 0 Å². The topological polar surface area (TPSA) is 59.6 Å². The number of ether oxygens (including phenoxy) is 2. The number of carbonyl (C=O) groups excluding carboxylic acids is 1. The van der Waals surface area contributed by atoms with Gasteiger partial charge in [-0.15, -0.1) is 0 Å². The lowest BCUT2D eigenvalue weighted by Gasteiger charge is -2.07. The number of amides is 1. The van der Waals surface area contributed by atoms with Crippen LogP contribution in [0.15, 0.2) is 24.3 Å². The van der Waals surface area contributed by atoms with Crippen molar-refractivity contribution in [3.8, 4) is 5.75 Å². The van der Waals surface area contributed by atoms with E-state index in [-0.39, 0.29) is 5.91 Å². The number of benzene rings is 1. The largest absolute Gasteiger partial charge is 0.491 e. The van der Waals surface area contributed by atoms with Crippen molar-refractivity contribution in [2.45, 2.75) is 0 Å². The quantitative estimate of drug-likeness (QED) is 0.615. The molecular formula is C12H16N2O3S. The Kier molecular flexibility index (Phi) is 6.10. The van der Waals surface area contributed by atoms with E-state index >= 15 is 0 Å². The molecule has 1 aromatic carbocycles. The van der Waals surface area contributed by atoms with Crippen LogP contribution in [-0.4, -0.2) is 38.4 Å². The summed E-state index contributed by atoms with van der Waals surface area (Å²) < 4.78 is 10.3. The van der Waals surface area contributed by atoms with Gasteiger partial charge >= 0.3 is 0 Å². The third kappa shape index (κ3) is 4.68. The van der Waals surface area contributed by atoms with Crippen molar-refractivity contribution in [1.29, 1.82) is 0 Å². The molecule has 0 atom stereocenters. The molecule has 0 radical (unpaired) electrons. The lowest BCUT2D eigenvalue weighted by atomic mass is 10.2. The van der Waals surface area contributed by atoms with Crippen LogP contribution in [0.4, 0.5) is 0 Å². The summed E-state index contributed by atoms with van der Waals surface area (Å²) >= 11 is 4.85. The average molecular weight is 268 g/mol. The van der Waals surface area contributed by atoms with Crippen molar-refractivity contribution in [2.24, 2.45) is 0 Å². The van der Waals surface area contributed by atoms with E-state index in [4.69, 9.17) is 21.7 Å². The van der Waals surface area contributed by atoms with Crippen LogP contribution < -0.4 is 15.4 Å². The Morgan fingerprint density at radius 3 is 2.50 bits per heavy atom. The molecule has 98 valence electrons. The summed E-state index contributed by atoms with van der Waals surface area (Å²) in [7, 11) is 3.26. The summed E-state index contributed by atoms with van der Waals surface area (Å²) in [5.41, 5.74) is 0.520. The fraction of sp³-hybridized carbons (Fsp3) is 0.333. The first kappa shape index (κ1) is 14.4. The molecule has 6 heteroatoms. The zero-order valence-electron chi connectivity index (χ0n) is 10.4. The third-order valence-corrected chi connectivity index (χ3v) is 2.43. The second kappa shape index (κ2) is 7.62. The van der Waals surface area contributed by atoms with Crippen molar-refractivity contribution >= 4 is 23.2 Å². The molecule has 0 unspecified atom stereocenters. The summed E-state index contributed by atoms with van der Waals surface area (Å²) in [5, 5.41) is 5.50. The summed E-state index contributed by atoms with van der Waals surface area (Å²) in [5.74, 6) is 0.442. The van der Waals surface area contributed by atoms with E-state index in [0.717, 1.165) is 0 Å². The van der Waals surface area contributed by atoms with E-state index in [2.05, 4.69) is 10.6 Å². The lowest BCUT2D eigenvalue weighted by Crippen LogP contribution is -2.37. The molecule has 18 heavy (non-hydrogen) atoms. The van der Waals surface area contributed by atoms with Crippen molar-refractivity contribution in [1.82, 2.24) is 10.6 Å². The van der Waals surface area contributed by atoms with Crippen molar-refractivity contribution < 1.29 is 14.3 Å². The molecule has 0 heterocycles. The highest BCUT2D eigenvalue weighted by Gasteiger charge is 2.06. The molecule has 0 aliphatic heterocycles. The van der Waals surface area contributed by atoms with E-state index in [1.54, 1.807) is 38.4 Å². The highest BCUT2D eigenvalue weighted by Crippen LogP contribution is 2.11. The van der Waals surface area contributed by atoms with Gasteiger partial charge in [0.2, 0.25) is 0 Å². The van der Waals surface area contributed by atoms with Gasteiger partial charge in [-0.1, -0.05) is 0 Å². The predicted octanol–water partition coefficient (Wildman–Crippen LogP) is 0.946. The molecule has 0 spiro atoms. The second-order valence-corrected chi connectivity index (χ2v) is 3.81. The second-order valence-electron chi connectivity index (χ2n) is 3.40. The molecule has 0 saturated carbocycles. The molecule has 0 aliphatic carbocycles. The van der Waals surface area contributed by atoms with Crippen LogP contribution in [0.25, 0.3) is 0 Å². The van der Waals surface area contributed by atoms with Crippen LogP contribution >= 0.6 is 12.2 Å². The highest BCUT2D eigenvalue weighted by molar-refractivity contribution is 7.80. The summed E-state index contributed by atoms with van der Waals surface area (Å²) in [4.78, 5) is 11.7. The molecule has 2 N–H and O–H groups in total. The number of methoxy groups -OCH3 is 1. The van der Waals surface area contributed by atoms with E-state index in [9.17, 15) is 4.79 Å². The minimum Gasteiger partial charge on any atom is -0.491 e. The molecule has 0 bridgehead atoms. The molecule has 5 nitrogen and oxygen atoms in total. The van der Waals surface area contributed by atoms with Gasteiger partial charge in [-0.05, 0) is 36.5 Å². The molecule has 0 fully saturated rings. The Bertz CT molecular complexity index is 406. The molecule has 0 aliphatic rings. The summed E-state index contributed by atoms with van der Waals surface area (Å²) in [6, 6.07) is 6.81. The number of hydrogen-bond acceptors (Lipinski definition) is 4. The van der Waals surface area contributed by atoms with Crippen LogP contribution in [0.1, 0.15) is 10.4 Å². The monoisotopic (exact) mass is 268 g/mol. The Hall–Kier alpha value is -1.66. The van der Waals surface area contributed by atoms with Crippen LogP contribution in [0, 0.1) is 0 Å². The van der Waals surface area contributed by atoms with E-state index < -0.39 is 0 Å². The number of carbonyl (C=O) groups is 1. The maximum Gasteiger partial charge on any atom is 0.257 e. The highest BCUT2D eigenvalue weighted by atomic mass is 32.1. The minimum absolute atomic E-state index is 0.252. The number of thiocarbonyl (C=S) groups is 1. The van der Waals surface area contributed by atoms with Crippen LogP contribution in [-0.2, 0) is 4.74 Å². The SMILES string of the molecule is CNC(=S)NC(=O)c1ccc(OCCOC)cc1. The van der Waals surface area contributed by atoms with Gasteiger partial charge < -0.3 is 14.8 Å². The Balaban J connectivity index is 2.54. The number of rotatable bonds is 5. The maximum absolute atomic E-state index is 11.7. The standard InChI is InChI=1S/C12H16N2O3S/c1-13-12(18)14-11(15)9-3-5-10(6-4-9)17-8-7-16-2/h3-6H,7-8H2,1-2H3,(H2,13,14,15,18). The van der Waals surface area contributed by atoms with Gasteiger partial charge in [0.25, 0.3) is 5.91 Å². The first-order valence-electron chi connectivity index (χ1n) is 5.42. The van der Waals surface area contributed by atoms with Crippen LogP contribution in [0.3, 0.4) is 0 Å². The van der Waals surface area contributed by atoms with Crippen molar-refractivity contribution in [3.63, 3.8) is 0 Å².